The van der Waals surface area contributed by atoms with Crippen molar-refractivity contribution in [1.82, 2.24) is 9.97 Å². The van der Waals surface area contributed by atoms with Gasteiger partial charge < -0.3 is 4.74 Å². The third kappa shape index (κ3) is 5.07. The van der Waals surface area contributed by atoms with E-state index in [1.165, 1.54) is 43.8 Å². The van der Waals surface area contributed by atoms with Crippen molar-refractivity contribution in [3.63, 3.8) is 0 Å². The first kappa shape index (κ1) is 22.0. The minimum absolute atomic E-state index is 0.0548. The van der Waals surface area contributed by atoms with E-state index in [0.717, 1.165) is 0 Å². The fraction of sp³-hybridized carbons (Fsp3) is 0.0909. The molecule has 0 saturated carbocycles. The summed E-state index contributed by atoms with van der Waals surface area (Å²) in [5.74, 6) is -0.452. The second-order valence-corrected chi connectivity index (χ2v) is 7.09. The maximum absolute atomic E-state index is 13.2. The van der Waals surface area contributed by atoms with Crippen molar-refractivity contribution in [3.8, 4) is 5.75 Å². The number of carbonyl (C=O) groups excluding carboxylic acids is 2. The highest BCUT2D eigenvalue weighted by Crippen LogP contribution is 2.35. The molecular formula is C22H16BrN3O5. The average molecular weight is 482 g/mol. The maximum Gasteiger partial charge on any atom is 0.269 e. The van der Waals surface area contributed by atoms with E-state index in [9.17, 15) is 19.7 Å². The molecule has 0 spiro atoms. The Kier molecular flexibility index (Phi) is 6.99. The summed E-state index contributed by atoms with van der Waals surface area (Å²) in [6, 6.07) is 13.8. The van der Waals surface area contributed by atoms with Crippen LogP contribution >= 0.6 is 15.9 Å². The van der Waals surface area contributed by atoms with Crippen molar-refractivity contribution < 1.29 is 19.2 Å². The molecule has 8 nitrogen and oxygen atoms in total. The first-order valence-electron chi connectivity index (χ1n) is 9.03. The summed E-state index contributed by atoms with van der Waals surface area (Å²) in [5.41, 5.74) is 0.835. The Morgan fingerprint density at radius 3 is 2.29 bits per heavy atom. The molecule has 0 aliphatic rings. The molecule has 9 heteroatoms. The predicted octanol–water partition coefficient (Wildman–Crippen LogP) is 4.66. The number of nitrogens with zero attached hydrogens (tertiary/aromatic N) is 3. The first-order valence-corrected chi connectivity index (χ1v) is 9.83. The number of rotatable bonds is 8. The van der Waals surface area contributed by atoms with Gasteiger partial charge in [0.1, 0.15) is 5.75 Å². The molecule has 31 heavy (non-hydrogen) atoms. The van der Waals surface area contributed by atoms with Crippen LogP contribution in [0.15, 0.2) is 72.6 Å². The lowest BCUT2D eigenvalue weighted by Crippen LogP contribution is -2.13. The SMILES string of the molecule is COc1ccccc1/C(Br)=C(\CC(=O)c1ccc([N+](=O)[O-])cc1)C(=O)c1ncccn1. The Balaban J connectivity index is 2.04. The molecular weight excluding hydrogens is 466 g/mol. The lowest BCUT2D eigenvalue weighted by molar-refractivity contribution is -0.384. The number of non-ortho nitro benzene ring substituents is 1. The summed E-state index contributed by atoms with van der Waals surface area (Å²) in [6.07, 6.45) is 2.60. The van der Waals surface area contributed by atoms with Crippen molar-refractivity contribution in [1.29, 1.82) is 0 Å². The molecule has 2 aromatic carbocycles. The second-order valence-electron chi connectivity index (χ2n) is 6.30. The number of nitro benzene ring substituents is 1. The van der Waals surface area contributed by atoms with Crippen LogP contribution in [0.5, 0.6) is 5.75 Å². The summed E-state index contributed by atoms with van der Waals surface area (Å²) in [6.45, 7) is 0. The molecule has 0 amide bonds. The number of methoxy groups -OCH3 is 1. The Labute approximate surface area is 185 Å². The highest BCUT2D eigenvalue weighted by atomic mass is 79.9. The molecule has 1 heterocycles. The van der Waals surface area contributed by atoms with Crippen LogP contribution in [0.25, 0.3) is 4.48 Å². The summed E-state index contributed by atoms with van der Waals surface area (Å²) in [5, 5.41) is 10.8. The molecule has 0 aliphatic carbocycles. The first-order chi connectivity index (χ1) is 14.9. The van der Waals surface area contributed by atoms with E-state index in [4.69, 9.17) is 4.74 Å². The minimum Gasteiger partial charge on any atom is -0.496 e. The molecule has 3 rings (SSSR count). The number of hydrogen-bond donors (Lipinski definition) is 0. The van der Waals surface area contributed by atoms with E-state index < -0.39 is 10.7 Å². The Morgan fingerprint density at radius 1 is 1.03 bits per heavy atom. The van der Waals surface area contributed by atoms with E-state index in [1.807, 2.05) is 0 Å². The number of nitro groups is 1. The third-order valence-electron chi connectivity index (χ3n) is 4.39. The summed E-state index contributed by atoms with van der Waals surface area (Å²) in [4.78, 5) is 44.4. The van der Waals surface area contributed by atoms with Crippen LogP contribution in [-0.2, 0) is 0 Å². The fourth-order valence-corrected chi connectivity index (χ4v) is 3.48. The summed E-state index contributed by atoms with van der Waals surface area (Å²) in [7, 11) is 1.50. The molecule has 156 valence electrons. The Hall–Kier alpha value is -3.72. The number of ether oxygens (including phenoxy) is 1. The lowest BCUT2D eigenvalue weighted by Gasteiger charge is -2.12. The predicted molar refractivity (Wildman–Crippen MR) is 117 cm³/mol. The topological polar surface area (TPSA) is 112 Å². The number of benzene rings is 2. The number of aromatic nitrogens is 2. The van der Waals surface area contributed by atoms with Crippen molar-refractivity contribution in [3.05, 3.63) is 99.6 Å². The number of hydrogen-bond acceptors (Lipinski definition) is 7. The fourth-order valence-electron chi connectivity index (χ4n) is 2.83. The zero-order chi connectivity index (χ0) is 22.4. The monoisotopic (exact) mass is 481 g/mol. The highest BCUT2D eigenvalue weighted by molar-refractivity contribution is 9.15. The minimum atomic E-state index is -0.547. The van der Waals surface area contributed by atoms with Gasteiger partial charge in [0.2, 0.25) is 11.6 Å². The molecule has 3 aromatic rings. The smallest absolute Gasteiger partial charge is 0.269 e. The van der Waals surface area contributed by atoms with Crippen molar-refractivity contribution >= 4 is 37.7 Å². The van der Waals surface area contributed by atoms with Crippen LogP contribution in [0, 0.1) is 10.1 Å². The van der Waals surface area contributed by atoms with Gasteiger partial charge in [0, 0.05) is 52.1 Å². The largest absolute Gasteiger partial charge is 0.496 e. The van der Waals surface area contributed by atoms with Gasteiger partial charge in [-0.05, 0) is 40.2 Å². The van der Waals surface area contributed by atoms with Crippen molar-refractivity contribution in [2.75, 3.05) is 7.11 Å². The van der Waals surface area contributed by atoms with Gasteiger partial charge in [-0.2, -0.15) is 0 Å². The Morgan fingerprint density at radius 2 is 1.68 bits per heavy atom. The number of halogens is 1. The van der Waals surface area contributed by atoms with Crippen LogP contribution in [0.2, 0.25) is 0 Å². The number of carbonyl (C=O) groups is 2. The molecule has 0 bridgehead atoms. The second kappa shape index (κ2) is 9.86. The van der Waals surface area contributed by atoms with Gasteiger partial charge in [-0.25, -0.2) is 9.97 Å². The van der Waals surface area contributed by atoms with Crippen LogP contribution in [0.3, 0.4) is 0 Å². The zero-order valence-electron chi connectivity index (χ0n) is 16.3. The number of Topliss-reactive ketones (excluding diaryl/α,β-unsaturated/α-hetero) is 2. The van der Waals surface area contributed by atoms with Gasteiger partial charge in [-0.15, -0.1) is 0 Å². The number of ketones is 2. The molecule has 0 aliphatic heterocycles. The molecule has 0 N–H and O–H groups in total. The van der Waals surface area contributed by atoms with Crippen LogP contribution in [-0.4, -0.2) is 33.6 Å². The van der Waals surface area contributed by atoms with Crippen molar-refractivity contribution in [2.24, 2.45) is 0 Å². The van der Waals surface area contributed by atoms with Crippen LogP contribution in [0.4, 0.5) is 5.69 Å². The van der Waals surface area contributed by atoms with Gasteiger partial charge in [0.15, 0.2) is 5.78 Å². The van der Waals surface area contributed by atoms with Gasteiger partial charge in [-0.1, -0.05) is 18.2 Å². The normalized spacial score (nSPS) is 11.4. The Bertz CT molecular complexity index is 1160. The van der Waals surface area contributed by atoms with Gasteiger partial charge in [0.25, 0.3) is 5.69 Å². The molecule has 0 atom stereocenters. The highest BCUT2D eigenvalue weighted by Gasteiger charge is 2.24. The number of allylic oxidation sites excluding steroid dienone is 1. The molecule has 0 radical (unpaired) electrons. The lowest BCUT2D eigenvalue weighted by atomic mass is 9.97. The third-order valence-corrected chi connectivity index (χ3v) is 5.29. The van der Waals surface area contributed by atoms with E-state index in [2.05, 4.69) is 25.9 Å². The maximum atomic E-state index is 13.2. The standard InChI is InChI=1S/C22H16BrN3O5/c1-31-19-6-3-2-5-16(19)20(23)17(21(28)22-24-11-4-12-25-22)13-18(27)14-7-9-15(10-8-14)26(29)30/h2-12H,13H2,1H3/b20-17-. The van der Waals surface area contributed by atoms with E-state index in [0.29, 0.717) is 15.8 Å². The summed E-state index contributed by atoms with van der Waals surface area (Å²) >= 11 is 3.46. The molecule has 1 aromatic heterocycles. The van der Waals surface area contributed by atoms with Gasteiger partial charge in [-0.3, -0.25) is 19.7 Å². The van der Waals surface area contributed by atoms with E-state index >= 15 is 0 Å². The molecule has 0 unspecified atom stereocenters. The zero-order valence-corrected chi connectivity index (χ0v) is 17.9. The molecule has 0 saturated heterocycles. The van der Waals surface area contributed by atoms with Gasteiger partial charge in [0.05, 0.1) is 12.0 Å². The number of para-hydroxylation sites is 1. The van der Waals surface area contributed by atoms with Crippen LogP contribution in [0.1, 0.15) is 33.0 Å². The van der Waals surface area contributed by atoms with E-state index in [-0.39, 0.29) is 34.9 Å². The quantitative estimate of drug-likeness (QED) is 0.199. The summed E-state index contributed by atoms with van der Waals surface area (Å²) < 4.78 is 5.74. The average Bonchev–Trinajstić information content (AvgIpc) is 2.82. The van der Waals surface area contributed by atoms with Gasteiger partial charge >= 0.3 is 0 Å². The van der Waals surface area contributed by atoms with E-state index in [1.54, 1.807) is 30.3 Å². The molecule has 0 fully saturated rings. The van der Waals surface area contributed by atoms with Crippen molar-refractivity contribution in [2.45, 2.75) is 6.42 Å². The van der Waals surface area contributed by atoms with Crippen LogP contribution < -0.4 is 4.74 Å².